The maximum Gasteiger partial charge on any atom is 0.237 e. The molecular formula is C15H19ClN2O. The summed E-state index contributed by atoms with van der Waals surface area (Å²) in [7, 11) is 0. The van der Waals surface area contributed by atoms with Crippen molar-refractivity contribution in [3.05, 3.63) is 34.9 Å². The number of halogens is 1. The molecule has 2 N–H and O–H groups in total. The van der Waals surface area contributed by atoms with Crippen molar-refractivity contribution in [2.75, 3.05) is 6.54 Å². The SMILES string of the molecule is C[C@@H]1C[C@@H]1[C@@H](N[C@H]1CCNC1=O)c1ccc(Cl)cc1. The molecule has 0 radical (unpaired) electrons. The van der Waals surface area contributed by atoms with Crippen LogP contribution in [0.1, 0.15) is 31.4 Å². The van der Waals surface area contributed by atoms with Gasteiger partial charge in [0, 0.05) is 17.6 Å². The Kier molecular flexibility index (Phi) is 3.50. The number of hydrogen-bond acceptors (Lipinski definition) is 2. The first-order chi connectivity index (χ1) is 9.15. The highest BCUT2D eigenvalue weighted by molar-refractivity contribution is 6.30. The minimum atomic E-state index is -0.0477. The van der Waals surface area contributed by atoms with Crippen LogP contribution in [0.3, 0.4) is 0 Å². The molecule has 1 amide bonds. The van der Waals surface area contributed by atoms with E-state index in [4.69, 9.17) is 11.6 Å². The molecule has 2 aliphatic rings. The van der Waals surface area contributed by atoms with Crippen LogP contribution in [0.4, 0.5) is 0 Å². The van der Waals surface area contributed by atoms with Gasteiger partial charge >= 0.3 is 0 Å². The summed E-state index contributed by atoms with van der Waals surface area (Å²) in [6.07, 6.45) is 2.11. The van der Waals surface area contributed by atoms with E-state index in [1.807, 2.05) is 12.1 Å². The highest BCUT2D eigenvalue weighted by Gasteiger charge is 2.42. The molecule has 1 aliphatic carbocycles. The van der Waals surface area contributed by atoms with E-state index < -0.39 is 0 Å². The van der Waals surface area contributed by atoms with Crippen molar-refractivity contribution >= 4 is 17.5 Å². The third kappa shape index (κ3) is 2.77. The van der Waals surface area contributed by atoms with Gasteiger partial charge in [0.1, 0.15) is 0 Å². The van der Waals surface area contributed by atoms with E-state index >= 15 is 0 Å². The summed E-state index contributed by atoms with van der Waals surface area (Å²) in [5.41, 5.74) is 1.23. The largest absolute Gasteiger partial charge is 0.355 e. The first kappa shape index (κ1) is 12.9. The third-order valence-electron chi connectivity index (χ3n) is 4.26. The van der Waals surface area contributed by atoms with Gasteiger partial charge in [0.15, 0.2) is 0 Å². The second kappa shape index (κ2) is 5.14. The summed E-state index contributed by atoms with van der Waals surface area (Å²) >= 11 is 5.95. The van der Waals surface area contributed by atoms with Crippen LogP contribution in [0.25, 0.3) is 0 Å². The zero-order chi connectivity index (χ0) is 13.4. The number of nitrogens with one attached hydrogen (secondary N) is 2. The Morgan fingerprint density at radius 2 is 2.05 bits per heavy atom. The normalized spacial score (nSPS) is 31.1. The van der Waals surface area contributed by atoms with E-state index in [-0.39, 0.29) is 18.0 Å². The first-order valence-electron chi connectivity index (χ1n) is 6.94. The molecule has 1 heterocycles. The summed E-state index contributed by atoms with van der Waals surface area (Å²) in [4.78, 5) is 11.7. The van der Waals surface area contributed by atoms with Crippen LogP contribution in [0.15, 0.2) is 24.3 Å². The summed E-state index contributed by atoms with van der Waals surface area (Å²) in [6, 6.07) is 8.20. The molecule has 0 aromatic heterocycles. The smallest absolute Gasteiger partial charge is 0.237 e. The van der Waals surface area contributed by atoms with Gasteiger partial charge in [0.05, 0.1) is 6.04 Å². The highest BCUT2D eigenvalue weighted by atomic mass is 35.5. The molecule has 3 nitrogen and oxygen atoms in total. The van der Waals surface area contributed by atoms with Crippen molar-refractivity contribution in [2.24, 2.45) is 11.8 Å². The number of hydrogen-bond donors (Lipinski definition) is 2. The molecule has 102 valence electrons. The van der Waals surface area contributed by atoms with Crippen LogP contribution in [-0.4, -0.2) is 18.5 Å². The Bertz CT molecular complexity index is 474. The topological polar surface area (TPSA) is 41.1 Å². The fourth-order valence-electron chi connectivity index (χ4n) is 2.92. The molecule has 4 atom stereocenters. The van der Waals surface area contributed by atoms with Crippen molar-refractivity contribution in [1.82, 2.24) is 10.6 Å². The minimum absolute atomic E-state index is 0.0477. The summed E-state index contributed by atoms with van der Waals surface area (Å²) in [5.74, 6) is 1.50. The molecule has 1 saturated carbocycles. The zero-order valence-electron chi connectivity index (χ0n) is 11.0. The minimum Gasteiger partial charge on any atom is -0.355 e. The van der Waals surface area contributed by atoms with Crippen LogP contribution in [0.2, 0.25) is 5.02 Å². The molecule has 0 spiro atoms. The number of rotatable bonds is 4. The van der Waals surface area contributed by atoms with Crippen molar-refractivity contribution < 1.29 is 4.79 Å². The molecule has 2 fully saturated rings. The number of carbonyl (C=O) groups excluding carboxylic acids is 1. The lowest BCUT2D eigenvalue weighted by molar-refractivity contribution is -0.121. The molecule has 4 heteroatoms. The van der Waals surface area contributed by atoms with Crippen molar-refractivity contribution in [1.29, 1.82) is 0 Å². The van der Waals surface area contributed by atoms with Gasteiger partial charge in [-0.25, -0.2) is 0 Å². The molecule has 1 aliphatic heterocycles. The molecule has 1 aromatic carbocycles. The van der Waals surface area contributed by atoms with E-state index in [2.05, 4.69) is 29.7 Å². The Morgan fingerprint density at radius 1 is 1.37 bits per heavy atom. The maximum atomic E-state index is 11.7. The Balaban J connectivity index is 1.77. The lowest BCUT2D eigenvalue weighted by Crippen LogP contribution is -2.39. The average Bonchev–Trinajstić information content (AvgIpc) is 2.97. The van der Waals surface area contributed by atoms with E-state index in [0.29, 0.717) is 5.92 Å². The average molecular weight is 279 g/mol. The Morgan fingerprint density at radius 3 is 2.58 bits per heavy atom. The Labute approximate surface area is 118 Å². The van der Waals surface area contributed by atoms with E-state index in [9.17, 15) is 4.79 Å². The van der Waals surface area contributed by atoms with E-state index in [0.717, 1.165) is 23.9 Å². The highest BCUT2D eigenvalue weighted by Crippen LogP contribution is 2.47. The third-order valence-corrected chi connectivity index (χ3v) is 4.51. The standard InChI is InChI=1S/C15H19ClN2O/c1-9-8-12(9)14(10-2-4-11(16)5-3-10)18-13-6-7-17-15(13)19/h2-5,9,12-14,18H,6-8H2,1H3,(H,17,19)/t9-,12+,13+,14+/m1/s1. The van der Waals surface area contributed by atoms with Crippen molar-refractivity contribution in [2.45, 2.75) is 31.8 Å². The summed E-state index contributed by atoms with van der Waals surface area (Å²) in [6.45, 7) is 3.05. The van der Waals surface area contributed by atoms with Gasteiger partial charge < -0.3 is 5.32 Å². The second-order valence-electron chi connectivity index (χ2n) is 5.71. The zero-order valence-corrected chi connectivity index (χ0v) is 11.8. The van der Waals surface area contributed by atoms with Crippen LogP contribution in [-0.2, 0) is 4.79 Å². The van der Waals surface area contributed by atoms with Crippen LogP contribution in [0, 0.1) is 11.8 Å². The quantitative estimate of drug-likeness (QED) is 0.889. The van der Waals surface area contributed by atoms with Gasteiger partial charge in [0.25, 0.3) is 0 Å². The Hall–Kier alpha value is -1.06. The number of carbonyl (C=O) groups is 1. The second-order valence-corrected chi connectivity index (χ2v) is 6.14. The molecule has 0 bridgehead atoms. The molecule has 0 unspecified atom stereocenters. The van der Waals surface area contributed by atoms with Gasteiger partial charge in [-0.2, -0.15) is 0 Å². The monoisotopic (exact) mass is 278 g/mol. The predicted octanol–water partition coefficient (Wildman–Crippen LogP) is 2.52. The summed E-state index contributed by atoms with van der Waals surface area (Å²) < 4.78 is 0. The summed E-state index contributed by atoms with van der Waals surface area (Å²) in [5, 5.41) is 7.18. The van der Waals surface area contributed by atoms with Gasteiger partial charge in [-0.3, -0.25) is 10.1 Å². The van der Waals surface area contributed by atoms with Crippen molar-refractivity contribution in [3.63, 3.8) is 0 Å². The predicted molar refractivity (Wildman–Crippen MR) is 76.0 cm³/mol. The van der Waals surface area contributed by atoms with Gasteiger partial charge in [-0.05, 0) is 42.4 Å². The van der Waals surface area contributed by atoms with E-state index in [1.165, 1.54) is 12.0 Å². The van der Waals surface area contributed by atoms with E-state index in [1.54, 1.807) is 0 Å². The fourth-order valence-corrected chi connectivity index (χ4v) is 3.05. The van der Waals surface area contributed by atoms with Crippen molar-refractivity contribution in [3.8, 4) is 0 Å². The molecule has 19 heavy (non-hydrogen) atoms. The van der Waals surface area contributed by atoms with Gasteiger partial charge in [-0.1, -0.05) is 30.7 Å². The van der Waals surface area contributed by atoms with Crippen LogP contribution in [0.5, 0.6) is 0 Å². The maximum absolute atomic E-state index is 11.7. The van der Waals surface area contributed by atoms with Gasteiger partial charge in [0.2, 0.25) is 5.91 Å². The lowest BCUT2D eigenvalue weighted by Gasteiger charge is -2.22. The molecule has 1 aromatic rings. The number of amides is 1. The first-order valence-corrected chi connectivity index (χ1v) is 7.32. The lowest BCUT2D eigenvalue weighted by atomic mass is 9.99. The van der Waals surface area contributed by atoms with Gasteiger partial charge in [-0.15, -0.1) is 0 Å². The molecule has 1 saturated heterocycles. The number of benzene rings is 1. The molecular weight excluding hydrogens is 260 g/mol. The van der Waals surface area contributed by atoms with Crippen LogP contribution < -0.4 is 10.6 Å². The molecule has 3 rings (SSSR count). The fraction of sp³-hybridized carbons (Fsp3) is 0.533. The van der Waals surface area contributed by atoms with Crippen LogP contribution >= 0.6 is 11.6 Å².